The predicted octanol–water partition coefficient (Wildman–Crippen LogP) is 1.66. The molecule has 0 aliphatic heterocycles. The van der Waals surface area contributed by atoms with Crippen molar-refractivity contribution in [2.45, 2.75) is 18.8 Å². The molecule has 2 atom stereocenters. The molecule has 1 aliphatic rings. The van der Waals surface area contributed by atoms with Crippen molar-refractivity contribution in [2.75, 3.05) is 6.54 Å². The Labute approximate surface area is 108 Å². The van der Waals surface area contributed by atoms with Gasteiger partial charge in [-0.2, -0.15) is 0 Å². The number of carboxylic acid groups (broad SMARTS) is 1. The van der Waals surface area contributed by atoms with Crippen LogP contribution in [-0.4, -0.2) is 23.5 Å². The van der Waals surface area contributed by atoms with Gasteiger partial charge >= 0.3 is 5.97 Å². The number of carbonyl (C=O) groups is 2. The van der Waals surface area contributed by atoms with E-state index >= 15 is 0 Å². The Morgan fingerprint density at radius 2 is 1.95 bits per heavy atom. The number of hydrogen-bond acceptors (Lipinski definition) is 2. The number of rotatable bonds is 5. The van der Waals surface area contributed by atoms with Crippen molar-refractivity contribution in [3.8, 4) is 0 Å². The molecule has 0 spiro atoms. The van der Waals surface area contributed by atoms with E-state index in [0.717, 1.165) is 12.1 Å². The molecule has 0 heterocycles. The maximum atomic E-state index is 13.5. The molecule has 0 radical (unpaired) electrons. The second-order valence-corrected chi connectivity index (χ2v) is 4.52. The van der Waals surface area contributed by atoms with Gasteiger partial charge in [-0.1, -0.05) is 6.07 Å². The molecule has 2 rings (SSSR count). The summed E-state index contributed by atoms with van der Waals surface area (Å²) in [6.07, 6.45) is 0.216. The van der Waals surface area contributed by atoms with Gasteiger partial charge < -0.3 is 10.4 Å². The lowest BCUT2D eigenvalue weighted by Crippen LogP contribution is -2.27. The zero-order chi connectivity index (χ0) is 14.0. The molecule has 102 valence electrons. The van der Waals surface area contributed by atoms with E-state index in [9.17, 15) is 18.4 Å². The van der Waals surface area contributed by atoms with Crippen LogP contribution in [0.5, 0.6) is 0 Å². The summed E-state index contributed by atoms with van der Waals surface area (Å²) in [6.45, 7) is 0.0249. The highest BCUT2D eigenvalue weighted by Crippen LogP contribution is 2.49. The minimum absolute atomic E-state index is 0.0249. The van der Waals surface area contributed by atoms with Crippen LogP contribution in [0.2, 0.25) is 0 Å². The average Bonchev–Trinajstić information content (AvgIpc) is 3.08. The Hall–Kier alpha value is -1.98. The number of aliphatic carboxylic acids is 1. The number of benzene rings is 1. The highest BCUT2D eigenvalue weighted by molar-refractivity contribution is 5.83. The molecule has 1 fully saturated rings. The van der Waals surface area contributed by atoms with E-state index in [1.807, 2.05) is 0 Å². The van der Waals surface area contributed by atoms with Gasteiger partial charge in [-0.05, 0) is 18.6 Å². The van der Waals surface area contributed by atoms with E-state index in [4.69, 9.17) is 5.11 Å². The van der Waals surface area contributed by atoms with Gasteiger partial charge in [0.1, 0.15) is 11.6 Å². The molecule has 1 amide bonds. The summed E-state index contributed by atoms with van der Waals surface area (Å²) in [5, 5.41) is 10.9. The van der Waals surface area contributed by atoms with E-state index in [1.165, 1.54) is 6.07 Å². The zero-order valence-corrected chi connectivity index (χ0v) is 10.0. The maximum absolute atomic E-state index is 13.5. The van der Waals surface area contributed by atoms with Gasteiger partial charge in [0.05, 0.1) is 6.42 Å². The highest BCUT2D eigenvalue weighted by Gasteiger charge is 2.46. The SMILES string of the molecule is O=C(O)CCNC(=O)[C@@H]1C[C@@H]1c1c(F)cccc1F. The molecule has 0 unspecified atom stereocenters. The van der Waals surface area contributed by atoms with Crippen LogP contribution in [0.25, 0.3) is 0 Å². The molecule has 1 saturated carbocycles. The second-order valence-electron chi connectivity index (χ2n) is 4.52. The third-order valence-corrected chi connectivity index (χ3v) is 3.14. The van der Waals surface area contributed by atoms with E-state index in [1.54, 1.807) is 0 Å². The number of carbonyl (C=O) groups excluding carboxylic acids is 1. The Morgan fingerprint density at radius 1 is 1.32 bits per heavy atom. The monoisotopic (exact) mass is 269 g/mol. The molecule has 6 heteroatoms. The Kier molecular flexibility index (Phi) is 3.78. The summed E-state index contributed by atoms with van der Waals surface area (Å²) in [5.74, 6) is -3.58. The van der Waals surface area contributed by atoms with Crippen molar-refractivity contribution in [1.82, 2.24) is 5.32 Å². The molecular weight excluding hydrogens is 256 g/mol. The van der Waals surface area contributed by atoms with Crippen LogP contribution in [-0.2, 0) is 9.59 Å². The number of nitrogens with one attached hydrogen (secondary N) is 1. The number of carboxylic acids is 1. The minimum atomic E-state index is -1.01. The molecule has 0 bridgehead atoms. The van der Waals surface area contributed by atoms with E-state index < -0.39 is 29.4 Å². The van der Waals surface area contributed by atoms with Crippen LogP contribution < -0.4 is 5.32 Å². The Bertz CT molecular complexity index is 498. The quantitative estimate of drug-likeness (QED) is 0.854. The van der Waals surface area contributed by atoms with Gasteiger partial charge in [0.2, 0.25) is 5.91 Å². The minimum Gasteiger partial charge on any atom is -0.481 e. The normalized spacial score (nSPS) is 20.9. The number of hydrogen-bond donors (Lipinski definition) is 2. The molecule has 1 aromatic rings. The fourth-order valence-electron chi connectivity index (χ4n) is 2.09. The van der Waals surface area contributed by atoms with Crippen LogP contribution in [0.3, 0.4) is 0 Å². The molecule has 19 heavy (non-hydrogen) atoms. The summed E-state index contributed by atoms with van der Waals surface area (Å²) in [6, 6.07) is 3.60. The number of amides is 1. The average molecular weight is 269 g/mol. The van der Waals surface area contributed by atoms with E-state index in [-0.39, 0.29) is 24.4 Å². The van der Waals surface area contributed by atoms with Crippen molar-refractivity contribution in [3.63, 3.8) is 0 Å². The van der Waals surface area contributed by atoms with Crippen LogP contribution in [0.4, 0.5) is 8.78 Å². The van der Waals surface area contributed by atoms with Gasteiger partial charge in [-0.25, -0.2) is 8.78 Å². The lowest BCUT2D eigenvalue weighted by Gasteiger charge is -2.05. The van der Waals surface area contributed by atoms with E-state index in [2.05, 4.69) is 5.32 Å². The third kappa shape index (κ3) is 3.07. The lowest BCUT2D eigenvalue weighted by molar-refractivity contribution is -0.136. The van der Waals surface area contributed by atoms with Crippen LogP contribution in [0.15, 0.2) is 18.2 Å². The highest BCUT2D eigenvalue weighted by atomic mass is 19.1. The fourth-order valence-corrected chi connectivity index (χ4v) is 2.09. The van der Waals surface area contributed by atoms with Crippen molar-refractivity contribution in [3.05, 3.63) is 35.4 Å². The van der Waals surface area contributed by atoms with Crippen LogP contribution >= 0.6 is 0 Å². The first-order valence-corrected chi connectivity index (χ1v) is 5.94. The zero-order valence-electron chi connectivity index (χ0n) is 10.0. The van der Waals surface area contributed by atoms with Gasteiger partial charge in [-0.3, -0.25) is 9.59 Å². The third-order valence-electron chi connectivity index (χ3n) is 3.14. The van der Waals surface area contributed by atoms with E-state index in [0.29, 0.717) is 6.42 Å². The first kappa shape index (κ1) is 13.5. The van der Waals surface area contributed by atoms with Crippen molar-refractivity contribution < 1.29 is 23.5 Å². The van der Waals surface area contributed by atoms with Gasteiger partial charge in [-0.15, -0.1) is 0 Å². The van der Waals surface area contributed by atoms with Crippen LogP contribution in [0, 0.1) is 17.6 Å². The summed E-state index contributed by atoms with van der Waals surface area (Å²) in [5.41, 5.74) is -0.0547. The molecule has 2 N–H and O–H groups in total. The fraction of sp³-hybridized carbons (Fsp3) is 0.385. The Balaban J connectivity index is 1.93. The van der Waals surface area contributed by atoms with Gasteiger partial charge in [0.25, 0.3) is 0 Å². The standard InChI is InChI=1S/C13H13F2NO3/c14-9-2-1-3-10(15)12(9)7-6-8(7)13(19)16-5-4-11(17)18/h1-3,7-8H,4-6H2,(H,16,19)(H,17,18)/t7-,8+/m0/s1. The topological polar surface area (TPSA) is 66.4 Å². The smallest absolute Gasteiger partial charge is 0.305 e. The summed E-state index contributed by atoms with van der Waals surface area (Å²) in [7, 11) is 0. The number of halogens is 2. The molecule has 0 saturated heterocycles. The van der Waals surface area contributed by atoms with Crippen molar-refractivity contribution in [1.29, 1.82) is 0 Å². The molecule has 0 aromatic heterocycles. The summed E-state index contributed by atoms with van der Waals surface area (Å²) in [4.78, 5) is 21.9. The molecule has 4 nitrogen and oxygen atoms in total. The molecular formula is C13H13F2NO3. The lowest BCUT2D eigenvalue weighted by atomic mass is 10.1. The largest absolute Gasteiger partial charge is 0.481 e. The maximum Gasteiger partial charge on any atom is 0.305 e. The van der Waals surface area contributed by atoms with Gasteiger partial charge in [0, 0.05) is 23.9 Å². The summed E-state index contributed by atoms with van der Waals surface area (Å²) < 4.78 is 27.0. The summed E-state index contributed by atoms with van der Waals surface area (Å²) >= 11 is 0. The molecule has 1 aromatic carbocycles. The molecule has 1 aliphatic carbocycles. The van der Waals surface area contributed by atoms with Crippen molar-refractivity contribution in [2.24, 2.45) is 5.92 Å². The van der Waals surface area contributed by atoms with Crippen LogP contribution in [0.1, 0.15) is 24.3 Å². The van der Waals surface area contributed by atoms with Crippen molar-refractivity contribution >= 4 is 11.9 Å². The first-order chi connectivity index (χ1) is 9.00. The predicted molar refractivity (Wildman–Crippen MR) is 62.5 cm³/mol. The first-order valence-electron chi connectivity index (χ1n) is 5.94. The Morgan fingerprint density at radius 3 is 2.53 bits per heavy atom. The van der Waals surface area contributed by atoms with Gasteiger partial charge in [0.15, 0.2) is 0 Å². The second kappa shape index (κ2) is 5.34.